The summed E-state index contributed by atoms with van der Waals surface area (Å²) in [6, 6.07) is 25.9. The molecular weight excluding hydrogens is 495 g/mol. The van der Waals surface area contributed by atoms with Gasteiger partial charge in [0.25, 0.3) is 5.91 Å². The Morgan fingerprint density at radius 2 is 1.69 bits per heavy atom. The zero-order chi connectivity index (χ0) is 27.1. The summed E-state index contributed by atoms with van der Waals surface area (Å²) in [5.41, 5.74) is 3.57. The third kappa shape index (κ3) is 4.50. The van der Waals surface area contributed by atoms with Crippen LogP contribution in [0, 0.1) is 5.82 Å². The molecule has 1 aliphatic heterocycles. The number of fused-ring (bicyclic) bond motifs is 1. The lowest BCUT2D eigenvalue weighted by atomic mass is 9.88. The lowest BCUT2D eigenvalue weighted by Gasteiger charge is -2.19. The first-order valence-electron chi connectivity index (χ1n) is 12.9. The van der Waals surface area contributed by atoms with E-state index in [1.54, 1.807) is 43.4 Å². The molecule has 196 valence electrons. The Balaban J connectivity index is 1.32. The number of phenolic OH excluding ortho intramolecular Hbond substituents is 1. The summed E-state index contributed by atoms with van der Waals surface area (Å²) in [4.78, 5) is 26.2. The highest BCUT2D eigenvalue weighted by molar-refractivity contribution is 5.97. The lowest BCUT2D eigenvalue weighted by Crippen LogP contribution is -2.34. The molecular formula is C32H27FN2O4. The second-order valence-corrected chi connectivity index (χ2v) is 10.1. The molecule has 3 N–H and O–H groups in total. The molecule has 0 spiro atoms. The van der Waals surface area contributed by atoms with E-state index in [4.69, 9.17) is 4.74 Å². The predicted molar refractivity (Wildman–Crippen MR) is 145 cm³/mol. The molecule has 2 aliphatic rings. The number of nitrogens with one attached hydrogen (secondary N) is 2. The molecule has 7 heteroatoms. The molecule has 2 atom stereocenters. The highest BCUT2D eigenvalue weighted by Gasteiger charge is 2.45. The van der Waals surface area contributed by atoms with Crippen molar-refractivity contribution < 1.29 is 23.8 Å². The van der Waals surface area contributed by atoms with Crippen molar-refractivity contribution in [1.82, 2.24) is 10.6 Å². The van der Waals surface area contributed by atoms with Crippen molar-refractivity contribution in [3.05, 3.63) is 119 Å². The van der Waals surface area contributed by atoms with Gasteiger partial charge in [-0.2, -0.15) is 0 Å². The van der Waals surface area contributed by atoms with Crippen molar-refractivity contribution in [2.45, 2.75) is 30.4 Å². The van der Waals surface area contributed by atoms with Crippen LogP contribution < -0.4 is 15.4 Å². The number of carbonyl (C=O) groups is 2. The van der Waals surface area contributed by atoms with E-state index in [1.807, 2.05) is 36.4 Å². The minimum Gasteiger partial charge on any atom is -0.507 e. The summed E-state index contributed by atoms with van der Waals surface area (Å²) in [6.45, 7) is 0. The fraction of sp³-hybridized carbons (Fsp3) is 0.188. The maximum absolute atomic E-state index is 13.5. The van der Waals surface area contributed by atoms with Gasteiger partial charge in [-0.1, -0.05) is 48.5 Å². The molecule has 2 unspecified atom stereocenters. The van der Waals surface area contributed by atoms with E-state index in [1.165, 1.54) is 18.2 Å². The highest BCUT2D eigenvalue weighted by Crippen LogP contribution is 2.48. The van der Waals surface area contributed by atoms with Crippen LogP contribution in [0.15, 0.2) is 91.0 Å². The van der Waals surface area contributed by atoms with Gasteiger partial charge in [0.05, 0.1) is 5.54 Å². The first-order chi connectivity index (χ1) is 18.9. The Kier molecular flexibility index (Phi) is 6.06. The minimum atomic E-state index is -0.676. The van der Waals surface area contributed by atoms with Gasteiger partial charge in [-0.15, -0.1) is 0 Å². The van der Waals surface area contributed by atoms with Gasteiger partial charge in [-0.25, -0.2) is 4.39 Å². The van der Waals surface area contributed by atoms with Gasteiger partial charge < -0.3 is 20.5 Å². The zero-order valence-electron chi connectivity index (χ0n) is 21.3. The SMILES string of the molecule is CNC(=O)C1c2cc(-c3cc(C(=O)NC4(c5ccccc5)CC4)ccc3O)ccc2OC1c1ccc(F)cc1. The van der Waals surface area contributed by atoms with E-state index in [2.05, 4.69) is 10.6 Å². The number of aromatic hydroxyl groups is 1. The van der Waals surface area contributed by atoms with E-state index in [0.29, 0.717) is 33.6 Å². The number of hydrogen-bond donors (Lipinski definition) is 3. The number of carbonyl (C=O) groups excluding carboxylic acids is 2. The molecule has 0 aromatic heterocycles. The van der Waals surface area contributed by atoms with Crippen molar-refractivity contribution in [2.75, 3.05) is 7.05 Å². The van der Waals surface area contributed by atoms with Crippen molar-refractivity contribution in [3.63, 3.8) is 0 Å². The summed E-state index contributed by atoms with van der Waals surface area (Å²) in [6.07, 6.45) is 1.11. The molecule has 4 aromatic rings. The monoisotopic (exact) mass is 522 g/mol. The van der Waals surface area contributed by atoms with E-state index >= 15 is 0 Å². The number of halogens is 1. The minimum absolute atomic E-state index is 0.0150. The Morgan fingerprint density at radius 3 is 2.38 bits per heavy atom. The molecule has 6 rings (SSSR count). The summed E-state index contributed by atoms with van der Waals surface area (Å²) in [5.74, 6) is -0.960. The summed E-state index contributed by atoms with van der Waals surface area (Å²) in [7, 11) is 1.56. The van der Waals surface area contributed by atoms with Crippen LogP contribution in [0.3, 0.4) is 0 Å². The predicted octanol–water partition coefficient (Wildman–Crippen LogP) is 5.58. The van der Waals surface area contributed by atoms with E-state index in [-0.39, 0.29) is 28.9 Å². The van der Waals surface area contributed by atoms with Gasteiger partial charge in [-0.3, -0.25) is 9.59 Å². The van der Waals surface area contributed by atoms with Crippen LogP contribution >= 0.6 is 0 Å². The second-order valence-electron chi connectivity index (χ2n) is 10.1. The molecule has 1 saturated carbocycles. The van der Waals surface area contributed by atoms with Crippen LogP contribution in [0.5, 0.6) is 11.5 Å². The molecule has 6 nitrogen and oxygen atoms in total. The van der Waals surface area contributed by atoms with Gasteiger partial charge in [0.2, 0.25) is 5.91 Å². The smallest absolute Gasteiger partial charge is 0.251 e. The Labute approximate surface area is 225 Å². The van der Waals surface area contributed by atoms with Crippen molar-refractivity contribution in [2.24, 2.45) is 0 Å². The Morgan fingerprint density at radius 1 is 0.949 bits per heavy atom. The molecule has 2 amide bonds. The van der Waals surface area contributed by atoms with Crippen molar-refractivity contribution >= 4 is 11.8 Å². The van der Waals surface area contributed by atoms with E-state index in [0.717, 1.165) is 18.4 Å². The molecule has 1 heterocycles. The van der Waals surface area contributed by atoms with Gasteiger partial charge >= 0.3 is 0 Å². The topological polar surface area (TPSA) is 87.7 Å². The number of rotatable bonds is 6. The first-order valence-corrected chi connectivity index (χ1v) is 12.9. The second kappa shape index (κ2) is 9.58. The van der Waals surface area contributed by atoms with Gasteiger partial charge in [0.15, 0.2) is 0 Å². The van der Waals surface area contributed by atoms with Crippen LogP contribution in [0.1, 0.15) is 51.9 Å². The fourth-order valence-corrected chi connectivity index (χ4v) is 5.35. The number of phenols is 1. The summed E-state index contributed by atoms with van der Waals surface area (Å²) >= 11 is 0. The third-order valence-electron chi connectivity index (χ3n) is 7.63. The molecule has 0 radical (unpaired) electrons. The van der Waals surface area contributed by atoms with Gasteiger partial charge in [-0.05, 0) is 72.0 Å². The first kappa shape index (κ1) is 24.7. The van der Waals surface area contributed by atoms with E-state index in [9.17, 15) is 19.1 Å². The summed E-state index contributed by atoms with van der Waals surface area (Å²) in [5, 5.41) is 16.6. The molecule has 1 aliphatic carbocycles. The number of benzene rings is 4. The highest BCUT2D eigenvalue weighted by atomic mass is 19.1. The number of ether oxygens (including phenoxy) is 1. The molecule has 1 fully saturated rings. The van der Waals surface area contributed by atoms with Gasteiger partial charge in [0, 0.05) is 23.7 Å². The van der Waals surface area contributed by atoms with Gasteiger partial charge in [0.1, 0.15) is 29.3 Å². The average molecular weight is 523 g/mol. The fourth-order valence-electron chi connectivity index (χ4n) is 5.35. The zero-order valence-corrected chi connectivity index (χ0v) is 21.3. The quantitative estimate of drug-likeness (QED) is 0.309. The van der Waals surface area contributed by atoms with Crippen LogP contribution in [-0.2, 0) is 10.3 Å². The molecule has 0 saturated heterocycles. The molecule has 39 heavy (non-hydrogen) atoms. The van der Waals surface area contributed by atoms with Crippen LogP contribution in [0.4, 0.5) is 4.39 Å². The normalized spacial score (nSPS) is 18.5. The average Bonchev–Trinajstić information content (AvgIpc) is 3.65. The van der Waals surface area contributed by atoms with Crippen LogP contribution in [-0.4, -0.2) is 24.0 Å². The maximum Gasteiger partial charge on any atom is 0.251 e. The van der Waals surface area contributed by atoms with E-state index < -0.39 is 12.0 Å². The number of hydrogen-bond acceptors (Lipinski definition) is 4. The maximum atomic E-state index is 13.5. The third-order valence-corrected chi connectivity index (χ3v) is 7.63. The van der Waals surface area contributed by atoms with Crippen LogP contribution in [0.2, 0.25) is 0 Å². The van der Waals surface area contributed by atoms with Crippen molar-refractivity contribution in [3.8, 4) is 22.6 Å². The number of likely N-dealkylation sites (N-methyl/N-ethyl adjacent to an activating group) is 1. The largest absolute Gasteiger partial charge is 0.507 e. The standard InChI is InChI=1S/C32H27FN2O4/c1-34-31(38)28-25-17-20(10-14-27(25)39-29(28)19-7-11-23(33)12-8-19)24-18-21(9-13-26(24)36)30(37)35-32(15-16-32)22-5-3-2-4-6-22/h2-14,17-18,28-29,36H,15-16H2,1H3,(H,34,38)(H,35,37). The molecule has 0 bridgehead atoms. The molecule has 4 aromatic carbocycles. The lowest BCUT2D eigenvalue weighted by molar-refractivity contribution is -0.123. The van der Waals surface area contributed by atoms with Crippen molar-refractivity contribution in [1.29, 1.82) is 0 Å². The summed E-state index contributed by atoms with van der Waals surface area (Å²) < 4.78 is 19.7. The number of amides is 2. The van der Waals surface area contributed by atoms with Crippen LogP contribution in [0.25, 0.3) is 11.1 Å². The Bertz CT molecular complexity index is 1570. The Hall–Kier alpha value is -4.65.